The second-order valence-corrected chi connectivity index (χ2v) is 6.30. The summed E-state index contributed by atoms with van der Waals surface area (Å²) in [7, 11) is 1.60. The molecule has 0 heterocycles. The van der Waals surface area contributed by atoms with Gasteiger partial charge in [0, 0.05) is 0 Å². The monoisotopic (exact) mass is 454 g/mol. The lowest BCUT2D eigenvalue weighted by atomic mass is 10.2. The molecule has 0 bridgehead atoms. The van der Waals surface area contributed by atoms with Crippen LogP contribution in [0.3, 0.4) is 0 Å². The number of hydrogen-bond acceptors (Lipinski definition) is 5. The van der Waals surface area contributed by atoms with Crippen molar-refractivity contribution in [3.05, 3.63) is 51.1 Å². The van der Waals surface area contributed by atoms with Crippen molar-refractivity contribution in [2.24, 2.45) is 5.10 Å². The number of ether oxygens (including phenoxy) is 2. The minimum absolute atomic E-state index is 0.203. The molecule has 6 nitrogen and oxygen atoms in total. The van der Waals surface area contributed by atoms with E-state index in [2.05, 4.69) is 33.1 Å². The Hall–Kier alpha value is -2.29. The number of anilines is 1. The highest BCUT2D eigenvalue weighted by Gasteiger charge is 2.10. The highest BCUT2D eigenvalue weighted by atomic mass is 127. The molecule has 2 aromatic rings. The van der Waals surface area contributed by atoms with E-state index in [4.69, 9.17) is 14.6 Å². The van der Waals surface area contributed by atoms with E-state index in [1.807, 2.05) is 19.1 Å². The summed E-state index contributed by atoms with van der Waals surface area (Å²) >= 11 is 2.20. The van der Waals surface area contributed by atoms with Crippen molar-refractivity contribution in [2.75, 3.05) is 19.1 Å². The van der Waals surface area contributed by atoms with Gasteiger partial charge < -0.3 is 14.6 Å². The largest absolute Gasteiger partial charge is 0.493 e. The average molecular weight is 454 g/mol. The maximum atomic E-state index is 11.0. The number of carbonyl (C=O) groups is 1. The smallest absolute Gasteiger partial charge is 0.335 e. The van der Waals surface area contributed by atoms with Crippen LogP contribution in [0.4, 0.5) is 5.69 Å². The summed E-state index contributed by atoms with van der Waals surface area (Å²) in [4.78, 5) is 11.0. The fourth-order valence-corrected chi connectivity index (χ4v) is 2.84. The summed E-state index contributed by atoms with van der Waals surface area (Å²) < 4.78 is 12.0. The van der Waals surface area contributed by atoms with E-state index in [1.165, 1.54) is 12.1 Å². The van der Waals surface area contributed by atoms with E-state index in [9.17, 15) is 4.79 Å². The number of nitrogens with zero attached hydrogens (tertiary/aromatic N) is 1. The van der Waals surface area contributed by atoms with Crippen molar-refractivity contribution in [3.63, 3.8) is 0 Å². The molecule has 0 fully saturated rings. The molecule has 7 heteroatoms. The van der Waals surface area contributed by atoms with Crippen molar-refractivity contribution in [1.29, 1.82) is 0 Å². The number of hydrazone groups is 1. The molecule has 0 atom stereocenters. The second kappa shape index (κ2) is 9.26. The minimum atomic E-state index is -0.977. The number of nitrogens with one attached hydrogen (secondary N) is 1. The third-order valence-corrected chi connectivity index (χ3v) is 4.02. The molecule has 0 saturated heterocycles. The van der Waals surface area contributed by atoms with Crippen LogP contribution in [-0.4, -0.2) is 31.0 Å². The van der Waals surface area contributed by atoms with Crippen molar-refractivity contribution < 1.29 is 19.4 Å². The first kappa shape index (κ1) is 19.0. The number of halogens is 1. The van der Waals surface area contributed by atoms with Crippen molar-refractivity contribution in [3.8, 4) is 11.5 Å². The van der Waals surface area contributed by atoms with Gasteiger partial charge in [0.05, 0.1) is 34.8 Å². The molecule has 2 rings (SSSR count). The number of hydrogen-bond donors (Lipinski definition) is 2. The summed E-state index contributed by atoms with van der Waals surface area (Å²) in [6.07, 6.45) is 2.56. The Balaban J connectivity index is 2.14. The Morgan fingerprint density at radius 2 is 2.16 bits per heavy atom. The highest BCUT2D eigenvalue weighted by molar-refractivity contribution is 14.1. The highest BCUT2D eigenvalue weighted by Crippen LogP contribution is 2.33. The molecule has 0 radical (unpaired) electrons. The Morgan fingerprint density at radius 1 is 1.36 bits per heavy atom. The van der Waals surface area contributed by atoms with Crippen LogP contribution in [0.25, 0.3) is 0 Å². The van der Waals surface area contributed by atoms with Gasteiger partial charge in [-0.15, -0.1) is 0 Å². The third kappa shape index (κ3) is 5.35. The minimum Gasteiger partial charge on any atom is -0.493 e. The van der Waals surface area contributed by atoms with Gasteiger partial charge in [0.2, 0.25) is 0 Å². The lowest BCUT2D eigenvalue weighted by molar-refractivity contribution is 0.0697. The zero-order valence-corrected chi connectivity index (χ0v) is 16.1. The molecule has 0 aliphatic carbocycles. The Morgan fingerprint density at radius 3 is 2.84 bits per heavy atom. The Kier molecular flexibility index (Phi) is 7.05. The predicted octanol–water partition coefficient (Wildman–Crippen LogP) is 4.23. The van der Waals surface area contributed by atoms with Crippen molar-refractivity contribution in [1.82, 2.24) is 0 Å². The second-order valence-electron chi connectivity index (χ2n) is 5.14. The summed E-state index contributed by atoms with van der Waals surface area (Å²) in [6, 6.07) is 10.2. The molecule has 0 spiro atoms. The molecule has 0 aromatic heterocycles. The SMILES string of the molecule is CCCOc1c(I)cc(C=NNc2cccc(C(=O)O)c2)cc1OC. The summed E-state index contributed by atoms with van der Waals surface area (Å²) in [5.74, 6) is 0.397. The quantitative estimate of drug-likeness (QED) is 0.355. The van der Waals surface area contributed by atoms with Crippen LogP contribution in [0.1, 0.15) is 29.3 Å². The molecule has 0 aliphatic rings. The zero-order valence-electron chi connectivity index (χ0n) is 14.0. The fraction of sp³-hybridized carbons (Fsp3) is 0.222. The van der Waals surface area contributed by atoms with Gasteiger partial charge in [0.1, 0.15) is 0 Å². The standard InChI is InChI=1S/C18H19IN2O4/c1-3-7-25-17-15(19)8-12(9-16(17)24-2)11-20-21-14-6-4-5-13(10-14)18(22)23/h4-6,8-11,21H,3,7H2,1-2H3,(H,22,23). The van der Waals surface area contributed by atoms with E-state index in [0.29, 0.717) is 18.0 Å². The Bertz CT molecular complexity index is 778. The van der Waals surface area contributed by atoms with Crippen LogP contribution >= 0.6 is 22.6 Å². The van der Waals surface area contributed by atoms with Gasteiger partial charge in [-0.2, -0.15) is 5.10 Å². The molecule has 2 N–H and O–H groups in total. The molecule has 0 saturated carbocycles. The number of benzene rings is 2. The molecule has 0 unspecified atom stereocenters. The molecular formula is C18H19IN2O4. The topological polar surface area (TPSA) is 80.2 Å². The number of methoxy groups -OCH3 is 1. The van der Waals surface area contributed by atoms with E-state index in [-0.39, 0.29) is 5.56 Å². The van der Waals surface area contributed by atoms with Gasteiger partial charge in [0.15, 0.2) is 11.5 Å². The summed E-state index contributed by atoms with van der Waals surface area (Å²) in [5, 5.41) is 13.1. The van der Waals surface area contributed by atoms with Crippen LogP contribution in [-0.2, 0) is 0 Å². The van der Waals surface area contributed by atoms with Crippen LogP contribution < -0.4 is 14.9 Å². The van der Waals surface area contributed by atoms with Gasteiger partial charge in [-0.1, -0.05) is 13.0 Å². The first-order valence-corrected chi connectivity index (χ1v) is 8.75. The zero-order chi connectivity index (χ0) is 18.2. The molecule has 0 aliphatic heterocycles. The lowest BCUT2D eigenvalue weighted by Crippen LogP contribution is -2.01. The fourth-order valence-electron chi connectivity index (χ4n) is 2.06. The van der Waals surface area contributed by atoms with Crippen LogP contribution in [0.15, 0.2) is 41.5 Å². The van der Waals surface area contributed by atoms with Gasteiger partial charge in [0.25, 0.3) is 0 Å². The summed E-state index contributed by atoms with van der Waals surface area (Å²) in [6.45, 7) is 2.67. The number of rotatable bonds is 8. The van der Waals surface area contributed by atoms with Gasteiger partial charge >= 0.3 is 5.97 Å². The first-order chi connectivity index (χ1) is 12.0. The number of aromatic carboxylic acids is 1. The van der Waals surface area contributed by atoms with Crippen molar-refractivity contribution in [2.45, 2.75) is 13.3 Å². The normalized spacial score (nSPS) is 10.7. The van der Waals surface area contributed by atoms with Gasteiger partial charge in [-0.25, -0.2) is 4.79 Å². The number of carboxylic acid groups (broad SMARTS) is 1. The average Bonchev–Trinajstić information content (AvgIpc) is 2.60. The van der Waals surface area contributed by atoms with Crippen molar-refractivity contribution >= 4 is 40.5 Å². The van der Waals surface area contributed by atoms with Crippen LogP contribution in [0.2, 0.25) is 0 Å². The lowest BCUT2D eigenvalue weighted by Gasteiger charge is -2.12. The molecule has 0 amide bonds. The predicted molar refractivity (Wildman–Crippen MR) is 106 cm³/mol. The number of carboxylic acids is 1. The molecule has 25 heavy (non-hydrogen) atoms. The van der Waals surface area contributed by atoms with Gasteiger partial charge in [-0.3, -0.25) is 5.43 Å². The molecule has 132 valence electrons. The third-order valence-electron chi connectivity index (χ3n) is 3.22. The van der Waals surface area contributed by atoms with E-state index >= 15 is 0 Å². The first-order valence-electron chi connectivity index (χ1n) is 7.68. The van der Waals surface area contributed by atoms with Gasteiger partial charge in [-0.05, 0) is 64.9 Å². The van der Waals surface area contributed by atoms with E-state index < -0.39 is 5.97 Å². The van der Waals surface area contributed by atoms with Crippen LogP contribution in [0.5, 0.6) is 11.5 Å². The maximum absolute atomic E-state index is 11.0. The van der Waals surface area contributed by atoms with Crippen LogP contribution in [0, 0.1) is 3.57 Å². The summed E-state index contributed by atoms with van der Waals surface area (Å²) in [5.41, 5.74) is 4.47. The molecular weight excluding hydrogens is 435 g/mol. The maximum Gasteiger partial charge on any atom is 0.335 e. The molecule has 2 aromatic carbocycles. The Labute approximate surface area is 160 Å². The van der Waals surface area contributed by atoms with E-state index in [0.717, 1.165) is 21.3 Å². The van der Waals surface area contributed by atoms with E-state index in [1.54, 1.807) is 25.5 Å².